The number of benzene rings is 1. The highest BCUT2D eigenvalue weighted by Gasteiger charge is 2.02. The third-order valence-corrected chi connectivity index (χ3v) is 3.44. The molecule has 1 aromatic carbocycles. The number of hydrogen-bond donors (Lipinski definition) is 0. The van der Waals surface area contributed by atoms with Gasteiger partial charge in [-0.25, -0.2) is 0 Å². The van der Waals surface area contributed by atoms with E-state index in [9.17, 15) is 0 Å². The lowest BCUT2D eigenvalue weighted by atomic mass is 10.2. The molecule has 0 nitrogen and oxygen atoms in total. The van der Waals surface area contributed by atoms with Crippen molar-refractivity contribution in [1.82, 2.24) is 0 Å². The molecule has 0 aliphatic heterocycles. The van der Waals surface area contributed by atoms with E-state index in [2.05, 4.69) is 45.0 Å². The zero-order valence-corrected chi connectivity index (χ0v) is 8.82. The lowest BCUT2D eigenvalue weighted by molar-refractivity contribution is 0.905. The molecule has 0 aromatic heterocycles. The van der Waals surface area contributed by atoms with E-state index in [0.717, 1.165) is 5.25 Å². The fourth-order valence-electron chi connectivity index (χ4n) is 0.989. The second-order valence-corrected chi connectivity index (χ2v) is 4.58. The van der Waals surface area contributed by atoms with Crippen LogP contribution < -0.4 is 0 Å². The summed E-state index contributed by atoms with van der Waals surface area (Å²) in [6.45, 7) is 6.68. The van der Waals surface area contributed by atoms with Crippen LogP contribution in [0.15, 0.2) is 29.2 Å². The average molecular weight is 180 g/mol. The first-order valence-corrected chi connectivity index (χ1v) is 5.34. The molecule has 0 bridgehead atoms. The van der Waals surface area contributed by atoms with Crippen molar-refractivity contribution in [2.45, 2.75) is 37.3 Å². The van der Waals surface area contributed by atoms with Crippen LogP contribution in [0.5, 0.6) is 0 Å². The van der Waals surface area contributed by atoms with E-state index in [1.165, 1.54) is 16.9 Å². The van der Waals surface area contributed by atoms with Gasteiger partial charge in [-0.1, -0.05) is 32.0 Å². The van der Waals surface area contributed by atoms with Crippen LogP contribution in [-0.2, 0) is 0 Å². The summed E-state index contributed by atoms with van der Waals surface area (Å²) in [7, 11) is 0. The van der Waals surface area contributed by atoms with E-state index < -0.39 is 0 Å². The van der Waals surface area contributed by atoms with E-state index in [0.29, 0.717) is 0 Å². The Kier molecular flexibility index (Phi) is 3.67. The predicted octanol–water partition coefficient (Wildman–Crippen LogP) is 3.89. The van der Waals surface area contributed by atoms with Crippen LogP contribution in [0.2, 0.25) is 0 Å². The molecule has 12 heavy (non-hydrogen) atoms. The Labute approximate surface area is 79.4 Å². The molecule has 0 amide bonds. The topological polar surface area (TPSA) is 0 Å². The first-order chi connectivity index (χ1) is 5.74. The van der Waals surface area contributed by atoms with Gasteiger partial charge in [-0.05, 0) is 25.0 Å². The van der Waals surface area contributed by atoms with E-state index in [1.54, 1.807) is 0 Å². The number of rotatable bonds is 3. The van der Waals surface area contributed by atoms with Crippen LogP contribution in [0.25, 0.3) is 0 Å². The van der Waals surface area contributed by atoms with Crippen LogP contribution in [0.3, 0.4) is 0 Å². The van der Waals surface area contributed by atoms with Crippen molar-refractivity contribution >= 4 is 11.8 Å². The summed E-state index contributed by atoms with van der Waals surface area (Å²) in [6.07, 6.45) is 1.24. The summed E-state index contributed by atoms with van der Waals surface area (Å²) < 4.78 is 0. The van der Waals surface area contributed by atoms with Gasteiger partial charge in [-0.15, -0.1) is 11.8 Å². The number of aryl methyl sites for hydroxylation is 1. The monoisotopic (exact) mass is 180 g/mol. The highest BCUT2D eigenvalue weighted by molar-refractivity contribution is 8.00. The van der Waals surface area contributed by atoms with E-state index >= 15 is 0 Å². The molecule has 1 heteroatoms. The van der Waals surface area contributed by atoms with E-state index in [4.69, 9.17) is 0 Å². The summed E-state index contributed by atoms with van der Waals surface area (Å²) in [5.41, 5.74) is 1.39. The Bertz CT molecular complexity index is 243. The van der Waals surface area contributed by atoms with Crippen LogP contribution in [-0.4, -0.2) is 5.25 Å². The van der Waals surface area contributed by atoms with Crippen LogP contribution in [0, 0.1) is 6.92 Å². The molecule has 66 valence electrons. The van der Waals surface area contributed by atoms with Crippen molar-refractivity contribution in [2.75, 3.05) is 0 Å². The average Bonchev–Trinajstić information content (AvgIpc) is 2.09. The summed E-state index contributed by atoms with van der Waals surface area (Å²) in [5.74, 6) is 0. The minimum atomic E-state index is 0.728. The summed E-state index contributed by atoms with van der Waals surface area (Å²) in [4.78, 5) is 1.42. The fourth-order valence-corrected chi connectivity index (χ4v) is 2.00. The van der Waals surface area contributed by atoms with Crippen molar-refractivity contribution in [2.24, 2.45) is 0 Å². The molecule has 1 atom stereocenters. The second-order valence-electron chi connectivity index (χ2n) is 3.10. The lowest BCUT2D eigenvalue weighted by Gasteiger charge is -2.09. The van der Waals surface area contributed by atoms with Crippen LogP contribution >= 0.6 is 11.8 Å². The van der Waals surface area contributed by atoms with Gasteiger partial charge >= 0.3 is 0 Å². The highest BCUT2D eigenvalue weighted by Crippen LogP contribution is 2.27. The quantitative estimate of drug-likeness (QED) is 0.636. The Hall–Kier alpha value is -0.430. The molecule has 0 aliphatic rings. The van der Waals surface area contributed by atoms with Crippen molar-refractivity contribution in [3.63, 3.8) is 0 Å². The Morgan fingerprint density at radius 1 is 1.33 bits per heavy atom. The van der Waals surface area contributed by atoms with Gasteiger partial charge in [0.25, 0.3) is 0 Å². The zero-order valence-electron chi connectivity index (χ0n) is 8.00. The van der Waals surface area contributed by atoms with Crippen molar-refractivity contribution in [3.05, 3.63) is 29.8 Å². The number of hydrogen-bond acceptors (Lipinski definition) is 1. The van der Waals surface area contributed by atoms with Gasteiger partial charge in [0.15, 0.2) is 0 Å². The maximum atomic E-state index is 2.27. The molecule has 1 aromatic rings. The van der Waals surface area contributed by atoms with Crippen molar-refractivity contribution in [3.8, 4) is 0 Å². The molecule has 0 radical (unpaired) electrons. The maximum Gasteiger partial charge on any atom is 0.0104 e. The molecule has 0 N–H and O–H groups in total. The Morgan fingerprint density at radius 2 is 2.00 bits per heavy atom. The minimum absolute atomic E-state index is 0.728. The first-order valence-electron chi connectivity index (χ1n) is 4.46. The SMILES string of the molecule is CCC(C)Sc1ccccc1C. The molecule has 0 spiro atoms. The molecule has 0 fully saturated rings. The fraction of sp³-hybridized carbons (Fsp3) is 0.455. The van der Waals surface area contributed by atoms with Gasteiger partial charge in [0.05, 0.1) is 0 Å². The Morgan fingerprint density at radius 3 is 2.58 bits per heavy atom. The van der Waals surface area contributed by atoms with E-state index in [-0.39, 0.29) is 0 Å². The summed E-state index contributed by atoms with van der Waals surface area (Å²) >= 11 is 1.97. The van der Waals surface area contributed by atoms with E-state index in [1.807, 2.05) is 11.8 Å². The molecule has 0 saturated heterocycles. The third kappa shape index (κ3) is 2.56. The highest BCUT2D eigenvalue weighted by atomic mass is 32.2. The zero-order chi connectivity index (χ0) is 8.97. The van der Waals surface area contributed by atoms with Crippen molar-refractivity contribution in [1.29, 1.82) is 0 Å². The molecule has 0 aliphatic carbocycles. The normalized spacial score (nSPS) is 12.9. The first kappa shape index (κ1) is 9.66. The third-order valence-electron chi connectivity index (χ3n) is 2.00. The maximum absolute atomic E-state index is 2.27. The van der Waals surface area contributed by atoms with Gasteiger partial charge in [0.1, 0.15) is 0 Å². The lowest BCUT2D eigenvalue weighted by Crippen LogP contribution is -1.92. The largest absolute Gasteiger partial charge is 0.123 e. The summed E-state index contributed by atoms with van der Waals surface area (Å²) in [6, 6.07) is 8.57. The molecule has 1 rings (SSSR count). The molecule has 0 heterocycles. The van der Waals surface area contributed by atoms with Gasteiger partial charge in [0, 0.05) is 10.1 Å². The Balaban J connectivity index is 2.69. The van der Waals surface area contributed by atoms with Crippen LogP contribution in [0.4, 0.5) is 0 Å². The van der Waals surface area contributed by atoms with Gasteiger partial charge in [-0.3, -0.25) is 0 Å². The van der Waals surface area contributed by atoms with Gasteiger partial charge < -0.3 is 0 Å². The predicted molar refractivity (Wildman–Crippen MR) is 56.8 cm³/mol. The molecular weight excluding hydrogens is 164 g/mol. The van der Waals surface area contributed by atoms with Crippen LogP contribution in [0.1, 0.15) is 25.8 Å². The summed E-state index contributed by atoms with van der Waals surface area (Å²) in [5, 5.41) is 0.728. The molecular formula is C11H16S. The molecule has 1 unspecified atom stereocenters. The molecule has 0 saturated carbocycles. The van der Waals surface area contributed by atoms with Gasteiger partial charge in [-0.2, -0.15) is 0 Å². The minimum Gasteiger partial charge on any atom is -0.123 e. The number of thioether (sulfide) groups is 1. The van der Waals surface area contributed by atoms with Gasteiger partial charge in [0.2, 0.25) is 0 Å². The standard InChI is InChI=1S/C11H16S/c1-4-10(3)12-11-8-6-5-7-9(11)2/h5-8,10H,4H2,1-3H3. The second kappa shape index (κ2) is 4.56. The smallest absolute Gasteiger partial charge is 0.0104 e. The van der Waals surface area contributed by atoms with Crippen molar-refractivity contribution < 1.29 is 0 Å².